The van der Waals surface area contributed by atoms with Crippen LogP contribution in [0.2, 0.25) is 0 Å². The van der Waals surface area contributed by atoms with Gasteiger partial charge in [0.2, 0.25) is 11.8 Å². The largest absolute Gasteiger partial charge is 0.343 e. The van der Waals surface area contributed by atoms with Crippen LogP contribution >= 0.6 is 0 Å². The molecule has 1 heterocycles. The van der Waals surface area contributed by atoms with E-state index in [0.29, 0.717) is 6.42 Å². The molecule has 1 aliphatic rings. The molecule has 4 heteroatoms. The molecule has 0 aliphatic carbocycles. The van der Waals surface area contributed by atoms with Crippen molar-refractivity contribution >= 4 is 11.8 Å². The molecule has 1 aliphatic heterocycles. The summed E-state index contributed by atoms with van der Waals surface area (Å²) < 4.78 is 0. The van der Waals surface area contributed by atoms with Gasteiger partial charge in [-0.15, -0.1) is 6.42 Å². The van der Waals surface area contributed by atoms with Crippen molar-refractivity contribution in [3.63, 3.8) is 0 Å². The number of nitrogens with zero attached hydrogens (tertiary/aromatic N) is 1. The number of hydrogen-bond donors (Lipinski definition) is 1. The molecular formula is C13H20N2O2. The summed E-state index contributed by atoms with van der Waals surface area (Å²) in [6.45, 7) is 5.60. The van der Waals surface area contributed by atoms with E-state index in [-0.39, 0.29) is 17.9 Å². The summed E-state index contributed by atoms with van der Waals surface area (Å²) in [7, 11) is 0. The first-order valence-corrected chi connectivity index (χ1v) is 6.15. The molecule has 3 unspecified atom stereocenters. The fourth-order valence-corrected chi connectivity index (χ4v) is 2.20. The van der Waals surface area contributed by atoms with E-state index in [1.165, 1.54) is 0 Å². The maximum Gasteiger partial charge on any atom is 0.246 e. The summed E-state index contributed by atoms with van der Waals surface area (Å²) in [4.78, 5) is 25.6. The fraction of sp³-hybridized carbons (Fsp3) is 0.692. The Hall–Kier alpha value is -1.50. The maximum absolute atomic E-state index is 12.1. The van der Waals surface area contributed by atoms with E-state index < -0.39 is 12.1 Å². The zero-order valence-corrected chi connectivity index (χ0v) is 10.7. The Kier molecular flexibility index (Phi) is 4.56. The van der Waals surface area contributed by atoms with Crippen LogP contribution in [-0.4, -0.2) is 34.8 Å². The molecule has 0 bridgehead atoms. The van der Waals surface area contributed by atoms with Gasteiger partial charge in [-0.05, 0) is 19.8 Å². The maximum atomic E-state index is 12.1. The number of piperazine rings is 1. The van der Waals surface area contributed by atoms with E-state index in [2.05, 4.69) is 11.2 Å². The molecule has 1 rings (SSSR count). The number of hydrogen-bond acceptors (Lipinski definition) is 2. The molecule has 1 N–H and O–H groups in total. The number of carbonyl (C=O) groups excluding carboxylic acids is 2. The van der Waals surface area contributed by atoms with Crippen LogP contribution in [0.4, 0.5) is 0 Å². The minimum absolute atomic E-state index is 0.0761. The van der Waals surface area contributed by atoms with Crippen molar-refractivity contribution < 1.29 is 9.59 Å². The topological polar surface area (TPSA) is 49.4 Å². The minimum atomic E-state index is -0.474. The van der Waals surface area contributed by atoms with Crippen molar-refractivity contribution in [1.82, 2.24) is 10.2 Å². The van der Waals surface area contributed by atoms with E-state index in [1.54, 1.807) is 11.8 Å². The van der Waals surface area contributed by atoms with E-state index in [0.717, 1.165) is 12.8 Å². The third kappa shape index (κ3) is 2.60. The van der Waals surface area contributed by atoms with Crippen molar-refractivity contribution in [2.75, 3.05) is 0 Å². The highest BCUT2D eigenvalue weighted by Gasteiger charge is 2.40. The molecular weight excluding hydrogens is 216 g/mol. The Morgan fingerprint density at radius 2 is 2.12 bits per heavy atom. The lowest BCUT2D eigenvalue weighted by Gasteiger charge is -2.40. The fourth-order valence-electron chi connectivity index (χ4n) is 2.20. The quantitative estimate of drug-likeness (QED) is 0.738. The standard InChI is InChI=1S/C13H20N2O2/c1-5-8-10(6-2)15-11(7-3)12(16)14-9(4)13(15)17/h2,9-11H,5,7-8H2,1,3-4H3,(H,14,16). The van der Waals surface area contributed by atoms with Crippen LogP contribution in [0.1, 0.15) is 40.0 Å². The van der Waals surface area contributed by atoms with Gasteiger partial charge in [0, 0.05) is 0 Å². The Balaban J connectivity index is 3.00. The van der Waals surface area contributed by atoms with Crippen LogP contribution < -0.4 is 5.32 Å². The Morgan fingerprint density at radius 1 is 1.47 bits per heavy atom. The Morgan fingerprint density at radius 3 is 2.59 bits per heavy atom. The minimum Gasteiger partial charge on any atom is -0.343 e. The summed E-state index contributed by atoms with van der Waals surface area (Å²) >= 11 is 0. The average Bonchev–Trinajstić information content (AvgIpc) is 2.31. The van der Waals surface area contributed by atoms with Crippen LogP contribution in [0.15, 0.2) is 0 Å². The first-order chi connectivity index (χ1) is 8.06. The third-order valence-electron chi connectivity index (χ3n) is 3.10. The number of nitrogens with one attached hydrogen (secondary N) is 1. The summed E-state index contributed by atoms with van der Waals surface area (Å²) in [5.41, 5.74) is 0. The zero-order chi connectivity index (χ0) is 13.0. The molecule has 2 amide bonds. The normalized spacial score (nSPS) is 26.4. The lowest BCUT2D eigenvalue weighted by molar-refractivity contribution is -0.150. The van der Waals surface area contributed by atoms with Crippen LogP contribution in [-0.2, 0) is 9.59 Å². The summed E-state index contributed by atoms with van der Waals surface area (Å²) in [6.07, 6.45) is 7.70. The van der Waals surface area contributed by atoms with Crippen molar-refractivity contribution in [3.05, 3.63) is 0 Å². The van der Waals surface area contributed by atoms with Crippen LogP contribution in [0.25, 0.3) is 0 Å². The molecule has 1 saturated heterocycles. The highest BCUT2D eigenvalue weighted by atomic mass is 16.2. The van der Waals surface area contributed by atoms with Gasteiger partial charge in [0.1, 0.15) is 12.1 Å². The second-order valence-electron chi connectivity index (χ2n) is 4.37. The molecule has 0 aromatic heterocycles. The predicted octanol–water partition coefficient (Wildman–Crippen LogP) is 0.914. The van der Waals surface area contributed by atoms with E-state index in [1.807, 2.05) is 13.8 Å². The van der Waals surface area contributed by atoms with Gasteiger partial charge in [-0.1, -0.05) is 26.2 Å². The van der Waals surface area contributed by atoms with Gasteiger partial charge in [-0.2, -0.15) is 0 Å². The van der Waals surface area contributed by atoms with Crippen LogP contribution in [0.5, 0.6) is 0 Å². The molecule has 17 heavy (non-hydrogen) atoms. The molecule has 94 valence electrons. The molecule has 0 aromatic rings. The van der Waals surface area contributed by atoms with Gasteiger partial charge in [0.25, 0.3) is 0 Å². The van der Waals surface area contributed by atoms with Crippen molar-refractivity contribution in [3.8, 4) is 12.3 Å². The molecule has 0 saturated carbocycles. The predicted molar refractivity (Wildman–Crippen MR) is 66.1 cm³/mol. The van der Waals surface area contributed by atoms with Gasteiger partial charge in [-0.25, -0.2) is 0 Å². The molecule has 1 fully saturated rings. The SMILES string of the molecule is C#CC(CCC)N1C(=O)C(C)NC(=O)C1CC. The van der Waals surface area contributed by atoms with Gasteiger partial charge in [0.15, 0.2) is 0 Å². The molecule has 0 spiro atoms. The molecule has 3 atom stereocenters. The van der Waals surface area contributed by atoms with Gasteiger partial charge in [0.05, 0.1) is 6.04 Å². The van der Waals surface area contributed by atoms with Gasteiger partial charge in [-0.3, -0.25) is 9.59 Å². The molecule has 4 nitrogen and oxygen atoms in total. The third-order valence-corrected chi connectivity index (χ3v) is 3.10. The first kappa shape index (κ1) is 13.6. The number of terminal acetylenes is 1. The average molecular weight is 236 g/mol. The zero-order valence-electron chi connectivity index (χ0n) is 10.7. The first-order valence-electron chi connectivity index (χ1n) is 6.15. The van der Waals surface area contributed by atoms with E-state index >= 15 is 0 Å². The van der Waals surface area contributed by atoms with Crippen molar-refractivity contribution in [1.29, 1.82) is 0 Å². The highest BCUT2D eigenvalue weighted by molar-refractivity contribution is 5.97. The van der Waals surface area contributed by atoms with Crippen molar-refractivity contribution in [2.45, 2.75) is 58.2 Å². The Labute approximate surface area is 103 Å². The summed E-state index contributed by atoms with van der Waals surface area (Å²) in [6, 6.07) is -1.17. The monoisotopic (exact) mass is 236 g/mol. The second-order valence-corrected chi connectivity index (χ2v) is 4.37. The molecule has 0 radical (unpaired) electrons. The molecule has 0 aromatic carbocycles. The number of rotatable bonds is 4. The summed E-state index contributed by atoms with van der Waals surface area (Å²) in [5, 5.41) is 2.68. The van der Waals surface area contributed by atoms with Gasteiger partial charge >= 0.3 is 0 Å². The number of carbonyl (C=O) groups is 2. The van der Waals surface area contributed by atoms with Crippen LogP contribution in [0.3, 0.4) is 0 Å². The van der Waals surface area contributed by atoms with E-state index in [9.17, 15) is 9.59 Å². The lowest BCUT2D eigenvalue weighted by Crippen LogP contribution is -2.64. The van der Waals surface area contributed by atoms with Gasteiger partial charge < -0.3 is 10.2 Å². The summed E-state index contributed by atoms with van der Waals surface area (Å²) in [5.74, 6) is 2.46. The number of amides is 2. The Bertz CT molecular complexity index is 346. The van der Waals surface area contributed by atoms with Crippen molar-refractivity contribution in [2.24, 2.45) is 0 Å². The van der Waals surface area contributed by atoms with Crippen LogP contribution in [0, 0.1) is 12.3 Å². The second kappa shape index (κ2) is 5.72. The van der Waals surface area contributed by atoms with E-state index in [4.69, 9.17) is 6.42 Å². The lowest BCUT2D eigenvalue weighted by atomic mass is 10.0. The smallest absolute Gasteiger partial charge is 0.246 e. The highest BCUT2D eigenvalue weighted by Crippen LogP contribution is 2.19.